The molecule has 0 bridgehead atoms. The van der Waals surface area contributed by atoms with Gasteiger partial charge in [-0.3, -0.25) is 9.67 Å². The van der Waals surface area contributed by atoms with E-state index in [2.05, 4.69) is 26.0 Å². The number of aromatic nitrogens is 3. The number of hydrogen-bond acceptors (Lipinski definition) is 3. The maximum absolute atomic E-state index is 10.8. The third kappa shape index (κ3) is 2.47. The Labute approximate surface area is 131 Å². The minimum Gasteiger partial charge on any atom is -0.380 e. The van der Waals surface area contributed by atoms with Crippen molar-refractivity contribution in [2.75, 3.05) is 0 Å². The van der Waals surface area contributed by atoms with Gasteiger partial charge in [-0.05, 0) is 41.2 Å². The Bertz CT molecular complexity index is 777. The first-order chi connectivity index (χ1) is 10.1. The fourth-order valence-corrected chi connectivity index (χ4v) is 3.00. The van der Waals surface area contributed by atoms with Gasteiger partial charge in [-0.2, -0.15) is 5.10 Å². The third-order valence-corrected chi connectivity index (χ3v) is 4.11. The van der Waals surface area contributed by atoms with Gasteiger partial charge >= 0.3 is 0 Å². The lowest BCUT2D eigenvalue weighted by Gasteiger charge is -2.17. The summed E-state index contributed by atoms with van der Waals surface area (Å²) < 4.78 is 2.61. The number of pyridine rings is 1. The summed E-state index contributed by atoms with van der Waals surface area (Å²) in [5.74, 6) is 0. The van der Waals surface area contributed by atoms with E-state index in [1.165, 1.54) is 0 Å². The monoisotopic (exact) mass is 345 g/mol. The molecule has 3 rings (SSSR count). The molecular formula is C16H16BrN3O. The maximum Gasteiger partial charge on any atom is 0.139 e. The summed E-state index contributed by atoms with van der Waals surface area (Å²) in [6.07, 6.45) is 2.62. The van der Waals surface area contributed by atoms with E-state index in [0.717, 1.165) is 20.9 Å². The number of benzene rings is 1. The average Bonchev–Trinajstić information content (AvgIpc) is 2.88. The highest BCUT2D eigenvalue weighted by atomic mass is 79.9. The first-order valence-corrected chi connectivity index (χ1v) is 7.63. The molecule has 21 heavy (non-hydrogen) atoms. The van der Waals surface area contributed by atoms with Crippen molar-refractivity contribution < 1.29 is 5.11 Å². The molecule has 1 atom stereocenters. The van der Waals surface area contributed by atoms with Gasteiger partial charge in [0.15, 0.2) is 0 Å². The molecule has 0 aliphatic rings. The van der Waals surface area contributed by atoms with Gasteiger partial charge in [-0.25, -0.2) is 0 Å². The molecule has 4 nitrogen and oxygen atoms in total. The van der Waals surface area contributed by atoms with E-state index in [9.17, 15) is 5.11 Å². The van der Waals surface area contributed by atoms with Crippen LogP contribution in [0.4, 0.5) is 0 Å². The molecule has 108 valence electrons. The predicted octanol–water partition coefficient (Wildman–Crippen LogP) is 3.86. The molecule has 5 heteroatoms. The molecule has 0 saturated carbocycles. The van der Waals surface area contributed by atoms with E-state index in [1.54, 1.807) is 12.4 Å². The van der Waals surface area contributed by atoms with Gasteiger partial charge in [0.1, 0.15) is 6.10 Å². The van der Waals surface area contributed by atoms with Crippen molar-refractivity contribution in [1.29, 1.82) is 0 Å². The summed E-state index contributed by atoms with van der Waals surface area (Å²) in [6.45, 7) is 4.07. The normalized spacial score (nSPS) is 13.0. The lowest BCUT2D eigenvalue weighted by molar-refractivity contribution is 0.201. The Morgan fingerprint density at radius 1 is 1.19 bits per heavy atom. The largest absolute Gasteiger partial charge is 0.380 e. The van der Waals surface area contributed by atoms with Crippen LogP contribution < -0.4 is 0 Å². The molecule has 0 radical (unpaired) electrons. The molecule has 0 aliphatic carbocycles. The Hall–Kier alpha value is -1.72. The lowest BCUT2D eigenvalue weighted by Crippen LogP contribution is -2.13. The van der Waals surface area contributed by atoms with Crippen molar-refractivity contribution in [3.05, 3.63) is 58.6 Å². The third-order valence-electron chi connectivity index (χ3n) is 3.50. The van der Waals surface area contributed by atoms with Gasteiger partial charge in [0.25, 0.3) is 0 Å². The zero-order valence-corrected chi connectivity index (χ0v) is 13.4. The second-order valence-corrected chi connectivity index (χ2v) is 6.09. The van der Waals surface area contributed by atoms with Crippen molar-refractivity contribution in [3.8, 4) is 0 Å². The zero-order chi connectivity index (χ0) is 15.0. The van der Waals surface area contributed by atoms with Crippen LogP contribution in [-0.2, 0) is 0 Å². The Kier molecular flexibility index (Phi) is 3.78. The van der Waals surface area contributed by atoms with Crippen molar-refractivity contribution in [3.63, 3.8) is 0 Å². The summed E-state index contributed by atoms with van der Waals surface area (Å²) in [5, 5.41) is 17.2. The van der Waals surface area contributed by atoms with Gasteiger partial charge in [-0.15, -0.1) is 0 Å². The Morgan fingerprint density at radius 2 is 1.95 bits per heavy atom. The number of fused-ring (bicyclic) bond motifs is 1. The van der Waals surface area contributed by atoms with Gasteiger partial charge < -0.3 is 5.11 Å². The second kappa shape index (κ2) is 5.58. The molecule has 1 unspecified atom stereocenters. The van der Waals surface area contributed by atoms with Crippen LogP contribution in [-0.4, -0.2) is 19.9 Å². The van der Waals surface area contributed by atoms with E-state index in [4.69, 9.17) is 0 Å². The van der Waals surface area contributed by atoms with Gasteiger partial charge in [0.2, 0.25) is 0 Å². The average molecular weight is 346 g/mol. The fourth-order valence-electron chi connectivity index (χ4n) is 2.51. The Morgan fingerprint density at radius 3 is 2.71 bits per heavy atom. The van der Waals surface area contributed by atoms with Crippen molar-refractivity contribution in [2.24, 2.45) is 0 Å². The molecular weight excluding hydrogens is 330 g/mol. The predicted molar refractivity (Wildman–Crippen MR) is 86.1 cm³/mol. The molecule has 0 spiro atoms. The van der Waals surface area contributed by atoms with E-state index >= 15 is 0 Å². The van der Waals surface area contributed by atoms with Crippen LogP contribution in [0.5, 0.6) is 0 Å². The molecule has 0 amide bonds. The van der Waals surface area contributed by atoms with Crippen LogP contribution >= 0.6 is 15.9 Å². The van der Waals surface area contributed by atoms with Gasteiger partial charge in [-0.1, -0.05) is 24.3 Å². The SMILES string of the molecule is CC(C)n1ncc(Br)c1C(O)c1nccc2ccccc12. The smallest absolute Gasteiger partial charge is 0.139 e. The molecule has 0 fully saturated rings. The number of aliphatic hydroxyl groups excluding tert-OH is 1. The minimum absolute atomic E-state index is 0.163. The molecule has 2 aromatic heterocycles. The molecule has 0 saturated heterocycles. The number of halogens is 1. The number of nitrogens with zero attached hydrogens (tertiary/aromatic N) is 3. The first kappa shape index (κ1) is 14.2. The van der Waals surface area contributed by atoms with Crippen LogP contribution in [0.1, 0.15) is 37.4 Å². The van der Waals surface area contributed by atoms with Crippen molar-refractivity contribution in [2.45, 2.75) is 26.0 Å². The summed E-state index contributed by atoms with van der Waals surface area (Å²) >= 11 is 3.48. The maximum atomic E-state index is 10.8. The highest BCUT2D eigenvalue weighted by Gasteiger charge is 2.23. The van der Waals surface area contributed by atoms with Gasteiger partial charge in [0, 0.05) is 17.6 Å². The number of aliphatic hydroxyl groups is 1. The van der Waals surface area contributed by atoms with E-state index in [-0.39, 0.29) is 6.04 Å². The molecule has 1 N–H and O–H groups in total. The second-order valence-electron chi connectivity index (χ2n) is 5.24. The highest BCUT2D eigenvalue weighted by molar-refractivity contribution is 9.10. The minimum atomic E-state index is -0.824. The van der Waals surface area contributed by atoms with Gasteiger partial charge in [0.05, 0.1) is 22.1 Å². The molecule has 0 aliphatic heterocycles. The molecule has 2 heterocycles. The number of rotatable bonds is 3. The van der Waals surface area contributed by atoms with E-state index in [1.807, 2.05) is 48.9 Å². The van der Waals surface area contributed by atoms with Crippen LogP contribution in [0.25, 0.3) is 10.8 Å². The van der Waals surface area contributed by atoms with Crippen LogP contribution in [0, 0.1) is 0 Å². The highest BCUT2D eigenvalue weighted by Crippen LogP contribution is 2.32. The zero-order valence-electron chi connectivity index (χ0n) is 11.9. The van der Waals surface area contributed by atoms with Crippen molar-refractivity contribution >= 4 is 26.7 Å². The fraction of sp³-hybridized carbons (Fsp3) is 0.250. The topological polar surface area (TPSA) is 50.9 Å². The van der Waals surface area contributed by atoms with Crippen molar-refractivity contribution in [1.82, 2.24) is 14.8 Å². The van der Waals surface area contributed by atoms with Crippen LogP contribution in [0.15, 0.2) is 47.2 Å². The lowest BCUT2D eigenvalue weighted by atomic mass is 10.0. The van der Waals surface area contributed by atoms with Crippen LogP contribution in [0.2, 0.25) is 0 Å². The Balaban J connectivity index is 2.17. The summed E-state index contributed by atoms with van der Waals surface area (Å²) in [7, 11) is 0. The molecule has 3 aromatic rings. The summed E-state index contributed by atoms with van der Waals surface area (Å²) in [5.41, 5.74) is 1.38. The summed E-state index contributed by atoms with van der Waals surface area (Å²) in [6, 6.07) is 10.0. The van der Waals surface area contributed by atoms with Crippen LogP contribution in [0.3, 0.4) is 0 Å². The quantitative estimate of drug-likeness (QED) is 0.784. The molecule has 1 aromatic carbocycles. The van der Waals surface area contributed by atoms with E-state index in [0.29, 0.717) is 5.69 Å². The standard InChI is InChI=1S/C16H16BrN3O/c1-10(2)20-15(13(17)9-19-20)16(21)14-12-6-4-3-5-11(12)7-8-18-14/h3-10,16,21H,1-2H3. The first-order valence-electron chi connectivity index (χ1n) is 6.84. The summed E-state index contributed by atoms with van der Waals surface area (Å²) in [4.78, 5) is 4.39. The van der Waals surface area contributed by atoms with E-state index < -0.39 is 6.10 Å². The number of hydrogen-bond donors (Lipinski definition) is 1.